The first kappa shape index (κ1) is 22.7. The molecule has 0 aliphatic carbocycles. The highest BCUT2D eigenvalue weighted by molar-refractivity contribution is 7.90. The predicted octanol–water partition coefficient (Wildman–Crippen LogP) is 5.02. The zero-order valence-electron chi connectivity index (χ0n) is 14.0. The molecule has 3 nitrogen and oxygen atoms in total. The molecule has 0 aliphatic heterocycles. The highest BCUT2D eigenvalue weighted by Crippen LogP contribution is 2.30. The van der Waals surface area contributed by atoms with Crippen molar-refractivity contribution in [2.45, 2.75) is 24.2 Å². The summed E-state index contributed by atoms with van der Waals surface area (Å²) in [7, 11) is -3.59. The topological polar surface area (TPSA) is 51.2 Å². The van der Waals surface area contributed by atoms with Crippen LogP contribution >= 0.6 is 0 Å². The van der Waals surface area contributed by atoms with Gasteiger partial charge in [-0.2, -0.15) is 26.3 Å². The maximum Gasteiger partial charge on any atom is 0.416 e. The summed E-state index contributed by atoms with van der Waals surface area (Å²) in [5, 5.41) is 0. The molecule has 0 saturated heterocycles. The highest BCUT2D eigenvalue weighted by atomic mass is 32.2. The molecule has 0 fully saturated rings. The number of carbonyl (C=O) groups is 1. The monoisotopic (exact) mass is 412 g/mol. The van der Waals surface area contributed by atoms with E-state index in [-0.39, 0.29) is 16.2 Å². The van der Waals surface area contributed by atoms with Gasteiger partial charge in [-0.05, 0) is 37.3 Å². The Kier molecular flexibility index (Phi) is 6.82. The van der Waals surface area contributed by atoms with E-state index >= 15 is 0 Å². The SMILES string of the molecule is CC(=O)c1cccc(C(F)(F)F)c1.CS(=O)(=O)c1cccc(C(F)(F)F)c1. The molecule has 0 atom stereocenters. The van der Waals surface area contributed by atoms with Gasteiger partial charge in [0.1, 0.15) is 0 Å². The number of Topliss-reactive ketones (excluding diaryl/α,β-unsaturated/α-hetero) is 1. The molecule has 2 aromatic carbocycles. The highest BCUT2D eigenvalue weighted by Gasteiger charge is 2.31. The fourth-order valence-electron chi connectivity index (χ4n) is 1.82. The van der Waals surface area contributed by atoms with Gasteiger partial charge in [0, 0.05) is 11.8 Å². The van der Waals surface area contributed by atoms with E-state index in [0.29, 0.717) is 6.07 Å². The van der Waals surface area contributed by atoms with E-state index in [2.05, 4.69) is 0 Å². The second-order valence-corrected chi connectivity index (χ2v) is 7.45. The smallest absolute Gasteiger partial charge is 0.295 e. The molecule has 0 unspecified atom stereocenters. The Balaban J connectivity index is 0.000000271. The quantitative estimate of drug-likeness (QED) is 0.514. The van der Waals surface area contributed by atoms with Crippen molar-refractivity contribution >= 4 is 15.6 Å². The Hall–Kier alpha value is -2.36. The number of rotatable bonds is 2. The molecule has 0 aliphatic rings. The van der Waals surface area contributed by atoms with Gasteiger partial charge in [-0.1, -0.05) is 18.2 Å². The summed E-state index contributed by atoms with van der Waals surface area (Å²) >= 11 is 0. The third kappa shape index (κ3) is 7.05. The molecule has 0 saturated carbocycles. The molecule has 0 radical (unpaired) electrons. The Morgan fingerprint density at radius 2 is 1.26 bits per heavy atom. The average molecular weight is 412 g/mol. The van der Waals surface area contributed by atoms with Crippen molar-refractivity contribution in [2.75, 3.05) is 6.26 Å². The Bertz CT molecular complexity index is 915. The molecule has 0 heterocycles. The van der Waals surface area contributed by atoms with E-state index in [1.54, 1.807) is 0 Å². The lowest BCUT2D eigenvalue weighted by atomic mass is 10.1. The summed E-state index contributed by atoms with van der Waals surface area (Å²) in [5.74, 6) is -0.369. The molecule has 148 valence electrons. The summed E-state index contributed by atoms with van der Waals surface area (Å²) < 4.78 is 94.7. The number of carbonyl (C=O) groups excluding carboxylic acids is 1. The normalized spacial score (nSPS) is 12.1. The van der Waals surface area contributed by atoms with Gasteiger partial charge in [-0.15, -0.1) is 0 Å². The van der Waals surface area contributed by atoms with Crippen LogP contribution in [0.5, 0.6) is 0 Å². The fourth-order valence-corrected chi connectivity index (χ4v) is 2.48. The Morgan fingerprint density at radius 3 is 1.67 bits per heavy atom. The lowest BCUT2D eigenvalue weighted by Crippen LogP contribution is -2.06. The first-order valence-electron chi connectivity index (χ1n) is 7.18. The van der Waals surface area contributed by atoms with Crippen LogP contribution in [0.2, 0.25) is 0 Å². The standard InChI is InChI=1S/C9H7F3O.C8H7F3O2S/c1-6(13)7-3-2-4-8(5-7)9(10,11)12;1-14(12,13)7-4-2-3-6(5-7)8(9,10)11/h2-5H,1H3;2-5H,1H3. The van der Waals surface area contributed by atoms with Crippen molar-refractivity contribution in [1.29, 1.82) is 0 Å². The van der Waals surface area contributed by atoms with E-state index in [9.17, 15) is 39.6 Å². The molecular formula is C17H14F6O3S. The van der Waals surface area contributed by atoms with Gasteiger partial charge in [0.2, 0.25) is 0 Å². The van der Waals surface area contributed by atoms with Gasteiger partial charge in [0.25, 0.3) is 0 Å². The summed E-state index contributed by atoms with van der Waals surface area (Å²) in [6, 6.07) is 8.01. The maximum absolute atomic E-state index is 12.2. The van der Waals surface area contributed by atoms with Gasteiger partial charge in [0.05, 0.1) is 16.0 Å². The third-order valence-corrected chi connectivity index (χ3v) is 4.30. The molecule has 27 heavy (non-hydrogen) atoms. The number of ketones is 1. The minimum atomic E-state index is -4.51. The number of hydrogen-bond acceptors (Lipinski definition) is 3. The van der Waals surface area contributed by atoms with Crippen LogP contribution in [0.25, 0.3) is 0 Å². The minimum absolute atomic E-state index is 0.0785. The van der Waals surface area contributed by atoms with E-state index in [0.717, 1.165) is 36.6 Å². The molecular weight excluding hydrogens is 398 g/mol. The van der Waals surface area contributed by atoms with Gasteiger partial charge >= 0.3 is 12.4 Å². The zero-order chi connectivity index (χ0) is 21.0. The average Bonchev–Trinajstić information content (AvgIpc) is 2.53. The molecule has 2 rings (SSSR count). The van der Waals surface area contributed by atoms with Crippen LogP contribution < -0.4 is 0 Å². The lowest BCUT2D eigenvalue weighted by molar-refractivity contribution is -0.138. The van der Waals surface area contributed by atoms with Crippen molar-refractivity contribution in [3.8, 4) is 0 Å². The molecule has 0 spiro atoms. The van der Waals surface area contributed by atoms with E-state index < -0.39 is 33.3 Å². The van der Waals surface area contributed by atoms with Crippen LogP contribution in [0.3, 0.4) is 0 Å². The van der Waals surface area contributed by atoms with Gasteiger partial charge < -0.3 is 0 Å². The van der Waals surface area contributed by atoms with Gasteiger partial charge in [0.15, 0.2) is 15.6 Å². The summed E-state index contributed by atoms with van der Waals surface area (Å²) in [4.78, 5) is 10.4. The van der Waals surface area contributed by atoms with Crippen molar-refractivity contribution in [3.63, 3.8) is 0 Å². The molecule has 0 N–H and O–H groups in total. The Morgan fingerprint density at radius 1 is 0.815 bits per heavy atom. The van der Waals surface area contributed by atoms with Crippen LogP contribution in [0.15, 0.2) is 53.4 Å². The maximum atomic E-state index is 12.2. The van der Waals surface area contributed by atoms with Crippen LogP contribution in [0.1, 0.15) is 28.4 Å². The predicted molar refractivity (Wildman–Crippen MR) is 86.0 cm³/mol. The largest absolute Gasteiger partial charge is 0.416 e. The first-order chi connectivity index (χ1) is 12.1. The fraction of sp³-hybridized carbons (Fsp3) is 0.235. The first-order valence-corrected chi connectivity index (χ1v) is 9.07. The van der Waals surface area contributed by atoms with Crippen molar-refractivity contribution in [3.05, 3.63) is 65.2 Å². The minimum Gasteiger partial charge on any atom is -0.295 e. The Labute approximate surface area is 151 Å². The molecule has 0 aromatic heterocycles. The van der Waals surface area contributed by atoms with E-state index in [1.165, 1.54) is 19.1 Å². The van der Waals surface area contributed by atoms with Crippen molar-refractivity contribution in [1.82, 2.24) is 0 Å². The number of benzene rings is 2. The number of hydrogen-bond donors (Lipinski definition) is 0. The van der Waals surface area contributed by atoms with Crippen molar-refractivity contribution < 1.29 is 39.6 Å². The zero-order valence-corrected chi connectivity index (χ0v) is 14.8. The molecule has 10 heteroatoms. The lowest BCUT2D eigenvalue weighted by Gasteiger charge is -2.07. The van der Waals surface area contributed by atoms with E-state index in [1.807, 2.05) is 0 Å². The molecule has 0 amide bonds. The molecule has 2 aromatic rings. The second-order valence-electron chi connectivity index (χ2n) is 5.43. The summed E-state index contributed by atoms with van der Waals surface area (Å²) in [6.07, 6.45) is -8.03. The van der Waals surface area contributed by atoms with Gasteiger partial charge in [-0.25, -0.2) is 8.42 Å². The second kappa shape index (κ2) is 8.12. The van der Waals surface area contributed by atoms with E-state index in [4.69, 9.17) is 0 Å². The summed E-state index contributed by atoms with van der Waals surface area (Å²) in [6.45, 7) is 1.23. The third-order valence-electron chi connectivity index (χ3n) is 3.19. The number of halogens is 6. The van der Waals surface area contributed by atoms with Crippen LogP contribution in [0.4, 0.5) is 26.3 Å². The van der Waals surface area contributed by atoms with Crippen molar-refractivity contribution in [2.24, 2.45) is 0 Å². The van der Waals surface area contributed by atoms with Crippen LogP contribution in [-0.2, 0) is 22.2 Å². The molecule has 0 bridgehead atoms. The van der Waals surface area contributed by atoms with Crippen LogP contribution in [0, 0.1) is 0 Å². The number of sulfone groups is 1. The van der Waals surface area contributed by atoms with Gasteiger partial charge in [-0.3, -0.25) is 4.79 Å². The summed E-state index contributed by atoms with van der Waals surface area (Å²) in [5.41, 5.74) is -1.67. The van der Waals surface area contributed by atoms with Crippen LogP contribution in [-0.4, -0.2) is 20.5 Å². The number of alkyl halides is 6.